The number of amides is 1. The molecule has 0 aliphatic carbocycles. The molecule has 0 atom stereocenters. The summed E-state index contributed by atoms with van der Waals surface area (Å²) in [6.07, 6.45) is 2.00. The van der Waals surface area contributed by atoms with Crippen LogP contribution in [0, 0.1) is 0 Å². The molecule has 1 aromatic heterocycles. The average molecular weight is 304 g/mol. The highest BCUT2D eigenvalue weighted by molar-refractivity contribution is 7.09. The molecule has 2 rings (SSSR count). The van der Waals surface area contributed by atoms with Crippen LogP contribution in [0.15, 0.2) is 17.5 Å². The van der Waals surface area contributed by atoms with E-state index in [9.17, 15) is 4.79 Å². The molecule has 1 amide bonds. The van der Waals surface area contributed by atoms with E-state index in [1.165, 1.54) is 4.88 Å². The highest BCUT2D eigenvalue weighted by atomic mass is 35.5. The van der Waals surface area contributed by atoms with Crippen molar-refractivity contribution in [2.24, 2.45) is 5.73 Å². The van der Waals surface area contributed by atoms with E-state index in [0.717, 1.165) is 25.9 Å². The van der Waals surface area contributed by atoms with Crippen LogP contribution in [0.4, 0.5) is 0 Å². The van der Waals surface area contributed by atoms with Crippen LogP contribution in [0.2, 0.25) is 0 Å². The summed E-state index contributed by atoms with van der Waals surface area (Å²) in [5, 5.41) is 2.04. The van der Waals surface area contributed by atoms with Gasteiger partial charge in [-0.1, -0.05) is 6.07 Å². The zero-order valence-electron chi connectivity index (χ0n) is 11.2. The van der Waals surface area contributed by atoms with Gasteiger partial charge in [0.05, 0.1) is 13.1 Å². The zero-order valence-corrected chi connectivity index (χ0v) is 12.9. The molecule has 1 saturated heterocycles. The van der Waals surface area contributed by atoms with E-state index in [1.807, 2.05) is 18.5 Å². The van der Waals surface area contributed by atoms with E-state index in [-0.39, 0.29) is 18.3 Å². The summed E-state index contributed by atoms with van der Waals surface area (Å²) in [5.74, 6) is 0.193. The molecular weight excluding hydrogens is 282 g/mol. The quantitative estimate of drug-likeness (QED) is 0.918. The Morgan fingerprint density at radius 1 is 1.53 bits per heavy atom. The molecule has 0 spiro atoms. The smallest absolute Gasteiger partial charge is 0.236 e. The van der Waals surface area contributed by atoms with E-state index < -0.39 is 0 Å². The lowest BCUT2D eigenvalue weighted by atomic mass is 10.1. The summed E-state index contributed by atoms with van der Waals surface area (Å²) >= 11 is 1.69. The van der Waals surface area contributed by atoms with Crippen molar-refractivity contribution < 1.29 is 4.79 Å². The van der Waals surface area contributed by atoms with Crippen molar-refractivity contribution in [3.05, 3.63) is 22.4 Å². The topological polar surface area (TPSA) is 49.6 Å². The summed E-state index contributed by atoms with van der Waals surface area (Å²) in [5.41, 5.74) is 5.86. The zero-order chi connectivity index (χ0) is 13.0. The number of thiophene rings is 1. The van der Waals surface area contributed by atoms with Gasteiger partial charge in [0, 0.05) is 31.1 Å². The molecule has 19 heavy (non-hydrogen) atoms. The third-order valence-corrected chi connectivity index (χ3v) is 4.25. The van der Waals surface area contributed by atoms with Gasteiger partial charge in [0.15, 0.2) is 0 Å². The molecule has 1 fully saturated rings. The van der Waals surface area contributed by atoms with Crippen molar-refractivity contribution in [2.75, 3.05) is 26.7 Å². The summed E-state index contributed by atoms with van der Waals surface area (Å²) in [6.45, 7) is 3.12. The first-order valence-corrected chi connectivity index (χ1v) is 7.27. The molecule has 6 heteroatoms. The predicted octanol–water partition coefficient (Wildman–Crippen LogP) is 1.55. The third-order valence-electron chi connectivity index (χ3n) is 3.39. The van der Waals surface area contributed by atoms with Gasteiger partial charge in [-0.25, -0.2) is 0 Å². The number of hydrogen-bond donors (Lipinski definition) is 1. The number of nitrogens with zero attached hydrogens (tertiary/aromatic N) is 2. The minimum absolute atomic E-state index is 0. The van der Waals surface area contributed by atoms with Crippen LogP contribution in [0.3, 0.4) is 0 Å². The molecule has 1 aliphatic heterocycles. The van der Waals surface area contributed by atoms with E-state index in [1.54, 1.807) is 16.2 Å². The SMILES string of the molecule is CN(Cc1cccs1)C(=O)CN1CCC(N)CC1.Cl. The van der Waals surface area contributed by atoms with Gasteiger partial charge in [-0.2, -0.15) is 0 Å². The molecule has 2 N–H and O–H groups in total. The summed E-state index contributed by atoms with van der Waals surface area (Å²) in [4.78, 5) is 17.3. The average Bonchev–Trinajstić information content (AvgIpc) is 2.85. The molecular formula is C13H22ClN3OS. The fourth-order valence-electron chi connectivity index (χ4n) is 2.15. The normalized spacial score (nSPS) is 16.9. The van der Waals surface area contributed by atoms with Crippen LogP contribution in [-0.2, 0) is 11.3 Å². The van der Waals surface area contributed by atoms with Gasteiger partial charge in [0.2, 0.25) is 5.91 Å². The lowest BCUT2D eigenvalue weighted by Gasteiger charge is -2.30. The second-order valence-corrected chi connectivity index (χ2v) is 5.97. The number of hydrogen-bond acceptors (Lipinski definition) is 4. The van der Waals surface area contributed by atoms with Gasteiger partial charge in [0.1, 0.15) is 0 Å². The molecule has 2 heterocycles. The molecule has 0 aromatic carbocycles. The van der Waals surface area contributed by atoms with Gasteiger partial charge in [-0.15, -0.1) is 23.7 Å². The largest absolute Gasteiger partial charge is 0.340 e. The van der Waals surface area contributed by atoms with Crippen molar-refractivity contribution in [1.29, 1.82) is 0 Å². The number of halogens is 1. The molecule has 4 nitrogen and oxygen atoms in total. The Kier molecular flexibility index (Phi) is 6.79. The van der Waals surface area contributed by atoms with Crippen molar-refractivity contribution >= 4 is 29.7 Å². The first kappa shape index (κ1) is 16.4. The second-order valence-electron chi connectivity index (χ2n) is 4.94. The van der Waals surface area contributed by atoms with Crippen molar-refractivity contribution in [2.45, 2.75) is 25.4 Å². The Balaban J connectivity index is 0.00000180. The van der Waals surface area contributed by atoms with E-state index in [4.69, 9.17) is 5.73 Å². The Hall–Kier alpha value is -0.620. The van der Waals surface area contributed by atoms with Crippen LogP contribution < -0.4 is 5.73 Å². The molecule has 0 bridgehead atoms. The maximum absolute atomic E-state index is 12.1. The summed E-state index contributed by atoms with van der Waals surface area (Å²) < 4.78 is 0. The van der Waals surface area contributed by atoms with Crippen LogP contribution in [-0.4, -0.2) is 48.4 Å². The number of carbonyl (C=O) groups excluding carboxylic acids is 1. The fourth-order valence-corrected chi connectivity index (χ4v) is 2.90. The highest BCUT2D eigenvalue weighted by Crippen LogP contribution is 2.12. The number of likely N-dealkylation sites (N-methyl/N-ethyl adjacent to an activating group) is 1. The van der Waals surface area contributed by atoms with Crippen LogP contribution in [0.5, 0.6) is 0 Å². The third kappa shape index (κ3) is 5.10. The van der Waals surface area contributed by atoms with Crippen molar-refractivity contribution in [1.82, 2.24) is 9.80 Å². The Bertz CT molecular complexity index is 377. The fraction of sp³-hybridized carbons (Fsp3) is 0.615. The lowest BCUT2D eigenvalue weighted by molar-refractivity contribution is -0.131. The molecule has 0 saturated carbocycles. The Labute approximate surface area is 125 Å². The first-order valence-electron chi connectivity index (χ1n) is 6.39. The monoisotopic (exact) mass is 303 g/mol. The van der Waals surface area contributed by atoms with Crippen molar-refractivity contribution in [3.63, 3.8) is 0 Å². The minimum atomic E-state index is 0. The molecule has 0 unspecified atom stereocenters. The van der Waals surface area contributed by atoms with Crippen LogP contribution in [0.1, 0.15) is 17.7 Å². The van der Waals surface area contributed by atoms with Crippen LogP contribution in [0.25, 0.3) is 0 Å². The highest BCUT2D eigenvalue weighted by Gasteiger charge is 2.19. The maximum atomic E-state index is 12.1. The van der Waals surface area contributed by atoms with E-state index in [0.29, 0.717) is 19.1 Å². The number of rotatable bonds is 4. The summed E-state index contributed by atoms with van der Waals surface area (Å²) in [7, 11) is 1.87. The van der Waals surface area contributed by atoms with Crippen LogP contribution >= 0.6 is 23.7 Å². The van der Waals surface area contributed by atoms with Gasteiger partial charge in [0.25, 0.3) is 0 Å². The van der Waals surface area contributed by atoms with Gasteiger partial charge in [-0.05, 0) is 24.3 Å². The molecule has 1 aliphatic rings. The molecule has 108 valence electrons. The van der Waals surface area contributed by atoms with Crippen molar-refractivity contribution in [3.8, 4) is 0 Å². The summed E-state index contributed by atoms with van der Waals surface area (Å²) in [6, 6.07) is 4.40. The van der Waals surface area contributed by atoms with Gasteiger partial charge < -0.3 is 10.6 Å². The number of piperidine rings is 1. The number of nitrogens with two attached hydrogens (primary N) is 1. The van der Waals surface area contributed by atoms with Gasteiger partial charge in [-0.3, -0.25) is 9.69 Å². The Morgan fingerprint density at radius 3 is 2.79 bits per heavy atom. The second kappa shape index (κ2) is 7.85. The Morgan fingerprint density at radius 2 is 2.21 bits per heavy atom. The minimum Gasteiger partial charge on any atom is -0.340 e. The maximum Gasteiger partial charge on any atom is 0.236 e. The number of likely N-dealkylation sites (tertiary alicyclic amines) is 1. The number of carbonyl (C=O) groups is 1. The first-order chi connectivity index (χ1) is 8.65. The van der Waals surface area contributed by atoms with Gasteiger partial charge >= 0.3 is 0 Å². The van der Waals surface area contributed by atoms with E-state index in [2.05, 4.69) is 11.0 Å². The lowest BCUT2D eigenvalue weighted by Crippen LogP contribution is -2.44. The standard InChI is InChI=1S/C13H21N3OS.ClH/c1-15(9-12-3-2-8-18-12)13(17)10-16-6-4-11(14)5-7-16;/h2-3,8,11H,4-7,9-10,14H2,1H3;1H. The predicted molar refractivity (Wildman–Crippen MR) is 81.7 cm³/mol. The molecule has 0 radical (unpaired) electrons. The molecule has 1 aromatic rings. The van der Waals surface area contributed by atoms with E-state index >= 15 is 0 Å².